The highest BCUT2D eigenvalue weighted by Crippen LogP contribution is 2.40. The molecular formula is C18H19N3O. The molecule has 2 fully saturated rings. The smallest absolute Gasteiger partial charge is 0.271 e. The van der Waals surface area contributed by atoms with Crippen molar-refractivity contribution >= 4 is 11.7 Å². The number of anilines is 1. The second kappa shape index (κ2) is 5.14. The average molecular weight is 293 g/mol. The molecule has 2 saturated heterocycles. The first-order valence-electron chi connectivity index (χ1n) is 7.74. The summed E-state index contributed by atoms with van der Waals surface area (Å²) in [7, 11) is 0. The first kappa shape index (κ1) is 13.3. The molecule has 4 nitrogen and oxygen atoms in total. The molecule has 2 aliphatic rings. The number of nitrogens with zero attached hydrogens (tertiary/aromatic N) is 3. The summed E-state index contributed by atoms with van der Waals surface area (Å²) in [5.41, 5.74) is 3.34. The van der Waals surface area contributed by atoms with E-state index in [1.165, 1.54) is 5.56 Å². The number of hydrogen-bond donors (Lipinski definition) is 0. The second-order valence-corrected chi connectivity index (χ2v) is 5.91. The van der Waals surface area contributed by atoms with Gasteiger partial charge in [-0.1, -0.05) is 48.0 Å². The number of rotatable bonds is 2. The Balaban J connectivity index is 1.80. The Morgan fingerprint density at radius 3 is 2.41 bits per heavy atom. The van der Waals surface area contributed by atoms with Crippen LogP contribution in [0.2, 0.25) is 0 Å². The van der Waals surface area contributed by atoms with E-state index >= 15 is 0 Å². The van der Waals surface area contributed by atoms with Crippen LogP contribution < -0.4 is 4.90 Å². The van der Waals surface area contributed by atoms with Gasteiger partial charge in [0.2, 0.25) is 0 Å². The molecule has 2 aromatic carbocycles. The minimum atomic E-state index is -0.0435. The second-order valence-electron chi connectivity index (χ2n) is 5.91. The zero-order valence-corrected chi connectivity index (χ0v) is 12.6. The van der Waals surface area contributed by atoms with Crippen LogP contribution in [-0.2, 0) is 0 Å². The molecule has 0 saturated carbocycles. The van der Waals surface area contributed by atoms with E-state index in [1.54, 1.807) is 0 Å². The number of fused-ring (bicyclic) bond motifs is 1. The Bertz CT molecular complexity index is 683. The molecule has 4 rings (SSSR count). The number of hydrazine groups is 1. The van der Waals surface area contributed by atoms with Crippen molar-refractivity contribution in [3.8, 4) is 0 Å². The molecule has 2 aliphatic heterocycles. The lowest BCUT2D eigenvalue weighted by molar-refractivity contribution is 0.0728. The molecule has 2 aromatic rings. The first-order chi connectivity index (χ1) is 10.8. The molecule has 2 amide bonds. The van der Waals surface area contributed by atoms with Gasteiger partial charge in [-0.15, -0.1) is 0 Å². The van der Waals surface area contributed by atoms with Crippen molar-refractivity contribution in [1.82, 2.24) is 10.0 Å². The lowest BCUT2D eigenvalue weighted by Crippen LogP contribution is -2.32. The average Bonchev–Trinajstić information content (AvgIpc) is 3.12. The van der Waals surface area contributed by atoms with Gasteiger partial charge < -0.3 is 0 Å². The van der Waals surface area contributed by atoms with Crippen molar-refractivity contribution in [1.29, 1.82) is 0 Å². The Morgan fingerprint density at radius 1 is 0.955 bits per heavy atom. The van der Waals surface area contributed by atoms with Gasteiger partial charge >= 0.3 is 6.03 Å². The predicted octanol–water partition coefficient (Wildman–Crippen LogP) is 3.56. The third-order valence-corrected chi connectivity index (χ3v) is 4.43. The zero-order valence-electron chi connectivity index (χ0n) is 12.6. The molecule has 0 unspecified atom stereocenters. The summed E-state index contributed by atoms with van der Waals surface area (Å²) in [5, 5.41) is 4.08. The van der Waals surface area contributed by atoms with Gasteiger partial charge in [0, 0.05) is 18.8 Å². The summed E-state index contributed by atoms with van der Waals surface area (Å²) in [4.78, 5) is 14.8. The normalized spacial score (nSPS) is 21.5. The fourth-order valence-corrected chi connectivity index (χ4v) is 3.35. The maximum absolute atomic E-state index is 12.8. The van der Waals surface area contributed by atoms with E-state index in [1.807, 2.05) is 40.2 Å². The number of urea groups is 1. The predicted molar refractivity (Wildman–Crippen MR) is 86.3 cm³/mol. The minimum absolute atomic E-state index is 0.0435. The van der Waals surface area contributed by atoms with Crippen LogP contribution in [0.15, 0.2) is 54.6 Å². The lowest BCUT2D eigenvalue weighted by atomic mass is 10.1. The molecule has 0 aliphatic carbocycles. The van der Waals surface area contributed by atoms with Crippen molar-refractivity contribution in [3.05, 3.63) is 65.7 Å². The Kier molecular flexibility index (Phi) is 3.12. The Hall–Kier alpha value is -2.33. The number of aryl methyl sites for hydroxylation is 1. The summed E-state index contributed by atoms with van der Waals surface area (Å²) in [6.45, 7) is 3.82. The van der Waals surface area contributed by atoms with Crippen LogP contribution in [0.1, 0.15) is 23.7 Å². The van der Waals surface area contributed by atoms with E-state index in [0.29, 0.717) is 0 Å². The monoisotopic (exact) mass is 293 g/mol. The molecule has 0 aromatic heterocycles. The van der Waals surface area contributed by atoms with Crippen LogP contribution in [0.3, 0.4) is 0 Å². The number of carbonyl (C=O) groups is 1. The van der Waals surface area contributed by atoms with Crippen LogP contribution in [-0.4, -0.2) is 29.1 Å². The molecule has 1 atom stereocenters. The maximum atomic E-state index is 12.8. The number of para-hydroxylation sites is 1. The summed E-state index contributed by atoms with van der Waals surface area (Å²) >= 11 is 0. The summed E-state index contributed by atoms with van der Waals surface area (Å²) in [6, 6.07) is 18.5. The molecule has 22 heavy (non-hydrogen) atoms. The highest BCUT2D eigenvalue weighted by Gasteiger charge is 2.47. The van der Waals surface area contributed by atoms with Crippen LogP contribution in [0.5, 0.6) is 0 Å². The molecular weight excluding hydrogens is 274 g/mol. The van der Waals surface area contributed by atoms with Gasteiger partial charge in [0.25, 0.3) is 0 Å². The van der Waals surface area contributed by atoms with E-state index in [2.05, 4.69) is 36.2 Å². The zero-order chi connectivity index (χ0) is 15.1. The van der Waals surface area contributed by atoms with Gasteiger partial charge in [0.1, 0.15) is 6.17 Å². The highest BCUT2D eigenvalue weighted by atomic mass is 16.2. The number of benzene rings is 2. The van der Waals surface area contributed by atoms with Gasteiger partial charge in [0.05, 0.1) is 0 Å². The van der Waals surface area contributed by atoms with Gasteiger partial charge in [-0.2, -0.15) is 5.01 Å². The fraction of sp³-hybridized carbons (Fsp3) is 0.278. The van der Waals surface area contributed by atoms with Crippen LogP contribution in [0.4, 0.5) is 10.5 Å². The molecule has 0 bridgehead atoms. The van der Waals surface area contributed by atoms with Crippen molar-refractivity contribution in [2.24, 2.45) is 0 Å². The molecule has 4 heteroatoms. The molecule has 0 N–H and O–H groups in total. The van der Waals surface area contributed by atoms with E-state index in [-0.39, 0.29) is 12.2 Å². The quantitative estimate of drug-likeness (QED) is 0.846. The fourth-order valence-electron chi connectivity index (χ4n) is 3.35. The molecule has 112 valence electrons. The van der Waals surface area contributed by atoms with E-state index in [4.69, 9.17) is 0 Å². The summed E-state index contributed by atoms with van der Waals surface area (Å²) < 4.78 is 0. The largest absolute Gasteiger partial charge is 0.340 e. The standard InChI is InChI=1S/C18H19N3O/c1-14-8-10-15(11-9-14)17-19-12-5-13-20(19)18(22)21(17)16-6-3-2-4-7-16/h2-4,6-11,17H,5,12-13H2,1H3/t17-/m0/s1. The lowest BCUT2D eigenvalue weighted by Gasteiger charge is -2.28. The molecule has 0 radical (unpaired) electrons. The van der Waals surface area contributed by atoms with Crippen molar-refractivity contribution in [2.75, 3.05) is 18.0 Å². The van der Waals surface area contributed by atoms with Gasteiger partial charge in [-0.25, -0.2) is 4.79 Å². The van der Waals surface area contributed by atoms with E-state index in [9.17, 15) is 4.79 Å². The SMILES string of the molecule is Cc1ccc([C@@H]2N(c3ccccc3)C(=O)N3CCCN23)cc1. The Labute approximate surface area is 130 Å². The molecule has 2 heterocycles. The van der Waals surface area contributed by atoms with Gasteiger partial charge in [-0.3, -0.25) is 9.91 Å². The number of hydrogen-bond acceptors (Lipinski definition) is 2. The van der Waals surface area contributed by atoms with E-state index in [0.717, 1.165) is 30.8 Å². The van der Waals surface area contributed by atoms with Crippen molar-refractivity contribution < 1.29 is 4.79 Å². The van der Waals surface area contributed by atoms with Crippen molar-refractivity contribution in [2.45, 2.75) is 19.5 Å². The van der Waals surface area contributed by atoms with Gasteiger partial charge in [-0.05, 0) is 31.0 Å². The minimum Gasteiger partial charge on any atom is -0.271 e. The maximum Gasteiger partial charge on any atom is 0.340 e. The number of amides is 2. The highest BCUT2D eigenvalue weighted by molar-refractivity contribution is 5.94. The van der Waals surface area contributed by atoms with Crippen molar-refractivity contribution in [3.63, 3.8) is 0 Å². The summed E-state index contributed by atoms with van der Waals surface area (Å²) in [6.07, 6.45) is 0.995. The van der Waals surface area contributed by atoms with Crippen LogP contribution in [0, 0.1) is 6.92 Å². The topological polar surface area (TPSA) is 26.8 Å². The van der Waals surface area contributed by atoms with E-state index < -0.39 is 0 Å². The van der Waals surface area contributed by atoms with Crippen LogP contribution in [0.25, 0.3) is 0 Å². The number of carbonyl (C=O) groups excluding carboxylic acids is 1. The van der Waals surface area contributed by atoms with Crippen LogP contribution >= 0.6 is 0 Å². The third-order valence-electron chi connectivity index (χ3n) is 4.43. The third kappa shape index (κ3) is 1.99. The van der Waals surface area contributed by atoms with Gasteiger partial charge in [0.15, 0.2) is 0 Å². The first-order valence-corrected chi connectivity index (χ1v) is 7.74. The Morgan fingerprint density at radius 2 is 1.68 bits per heavy atom. The summed E-state index contributed by atoms with van der Waals surface area (Å²) in [5.74, 6) is 0. The molecule has 0 spiro atoms.